The van der Waals surface area contributed by atoms with Crippen molar-refractivity contribution in [2.75, 3.05) is 20.1 Å². The van der Waals surface area contributed by atoms with Crippen LogP contribution in [0.15, 0.2) is 67.0 Å². The van der Waals surface area contributed by atoms with E-state index in [0.717, 1.165) is 30.4 Å². The van der Waals surface area contributed by atoms with E-state index in [1.54, 1.807) is 10.9 Å². The van der Waals surface area contributed by atoms with Crippen LogP contribution in [0.5, 0.6) is 0 Å². The van der Waals surface area contributed by atoms with E-state index in [1.165, 1.54) is 11.1 Å². The van der Waals surface area contributed by atoms with Crippen molar-refractivity contribution < 1.29 is 9.59 Å². The molecule has 6 heteroatoms. The Kier molecular flexibility index (Phi) is 7.46. The van der Waals surface area contributed by atoms with Crippen LogP contribution in [0.25, 0.3) is 0 Å². The van der Waals surface area contributed by atoms with E-state index in [9.17, 15) is 9.59 Å². The van der Waals surface area contributed by atoms with Crippen molar-refractivity contribution in [3.8, 4) is 0 Å². The summed E-state index contributed by atoms with van der Waals surface area (Å²) in [5.41, 5.74) is 4.36. The quantitative estimate of drug-likeness (QED) is 0.535. The van der Waals surface area contributed by atoms with Gasteiger partial charge in [-0.05, 0) is 68.4 Å². The number of carbonyl (C=O) groups is 2. The van der Waals surface area contributed by atoms with Gasteiger partial charge in [0.15, 0.2) is 0 Å². The average Bonchev–Trinajstić information content (AvgIpc) is 3.36. The molecule has 178 valence electrons. The molecule has 0 bridgehead atoms. The molecule has 0 unspecified atom stereocenters. The Morgan fingerprint density at radius 1 is 1.06 bits per heavy atom. The molecule has 1 aliphatic heterocycles. The highest BCUT2D eigenvalue weighted by molar-refractivity contribution is 5.94. The predicted molar refractivity (Wildman–Crippen MR) is 133 cm³/mol. The molecule has 34 heavy (non-hydrogen) atoms. The molecule has 1 fully saturated rings. The number of likely N-dealkylation sites (N-methyl/N-ethyl adjacent to an activating group) is 1. The summed E-state index contributed by atoms with van der Waals surface area (Å²) >= 11 is 0. The summed E-state index contributed by atoms with van der Waals surface area (Å²) in [5.74, 6) is 0.481. The van der Waals surface area contributed by atoms with Gasteiger partial charge in [-0.15, -0.1) is 0 Å². The van der Waals surface area contributed by atoms with E-state index in [1.807, 2.05) is 60.3 Å². The second kappa shape index (κ2) is 10.7. The second-order valence-electron chi connectivity index (χ2n) is 9.41. The summed E-state index contributed by atoms with van der Waals surface area (Å²) in [5, 5.41) is 4.20. The summed E-state index contributed by atoms with van der Waals surface area (Å²) in [7, 11) is 1.92. The Balaban J connectivity index is 1.48. The van der Waals surface area contributed by atoms with Gasteiger partial charge in [-0.1, -0.05) is 42.0 Å². The standard InChI is InChI=1S/C28H34N4O2/c1-21-8-6-11-25(18-21)28(34)31-16-12-23(13-17-31)26(19-24-10-5-4-9-22(24)2)30(3)27(33)20-32-15-7-14-29-32/h4-11,14-15,18,23,26H,12-13,16-17,19-20H2,1-3H3/t26-/m0/s1. The van der Waals surface area contributed by atoms with Gasteiger partial charge >= 0.3 is 0 Å². The fourth-order valence-electron chi connectivity index (χ4n) is 4.96. The molecular formula is C28H34N4O2. The van der Waals surface area contributed by atoms with Crippen LogP contribution in [-0.4, -0.2) is 57.6 Å². The fraction of sp³-hybridized carbons (Fsp3) is 0.393. The molecule has 0 N–H and O–H groups in total. The highest BCUT2D eigenvalue weighted by Crippen LogP contribution is 2.28. The van der Waals surface area contributed by atoms with Crippen molar-refractivity contribution in [2.24, 2.45) is 5.92 Å². The largest absolute Gasteiger partial charge is 0.341 e. The average molecular weight is 459 g/mol. The van der Waals surface area contributed by atoms with Crippen molar-refractivity contribution in [1.82, 2.24) is 19.6 Å². The Morgan fingerprint density at radius 3 is 2.50 bits per heavy atom. The number of rotatable bonds is 7. The van der Waals surface area contributed by atoms with E-state index in [4.69, 9.17) is 0 Å². The SMILES string of the molecule is Cc1cccc(C(=O)N2CCC([C@H](Cc3ccccc3C)N(C)C(=O)Cn3cccn3)CC2)c1. The lowest BCUT2D eigenvalue weighted by Crippen LogP contribution is -2.49. The van der Waals surface area contributed by atoms with Crippen molar-refractivity contribution >= 4 is 11.8 Å². The third-order valence-electron chi connectivity index (χ3n) is 7.07. The zero-order chi connectivity index (χ0) is 24.1. The van der Waals surface area contributed by atoms with E-state index in [2.05, 4.69) is 36.3 Å². The van der Waals surface area contributed by atoms with Gasteiger partial charge in [0.2, 0.25) is 5.91 Å². The number of aryl methyl sites for hydroxylation is 2. The molecule has 1 atom stereocenters. The van der Waals surface area contributed by atoms with Crippen LogP contribution in [0.4, 0.5) is 0 Å². The lowest BCUT2D eigenvalue weighted by atomic mass is 9.84. The lowest BCUT2D eigenvalue weighted by Gasteiger charge is -2.40. The van der Waals surface area contributed by atoms with Gasteiger partial charge < -0.3 is 9.80 Å². The maximum atomic E-state index is 13.2. The van der Waals surface area contributed by atoms with Gasteiger partial charge in [0.25, 0.3) is 5.91 Å². The van der Waals surface area contributed by atoms with Crippen molar-refractivity contribution in [3.63, 3.8) is 0 Å². The zero-order valence-electron chi connectivity index (χ0n) is 20.4. The van der Waals surface area contributed by atoms with E-state index < -0.39 is 0 Å². The molecule has 2 heterocycles. The summed E-state index contributed by atoms with van der Waals surface area (Å²) in [6.07, 6.45) is 6.09. The van der Waals surface area contributed by atoms with E-state index in [0.29, 0.717) is 19.0 Å². The van der Waals surface area contributed by atoms with E-state index in [-0.39, 0.29) is 24.4 Å². The molecule has 1 aliphatic rings. The summed E-state index contributed by atoms with van der Waals surface area (Å²) in [6, 6.07) is 18.1. The molecule has 4 rings (SSSR count). The Hall–Kier alpha value is -3.41. The van der Waals surface area contributed by atoms with Gasteiger partial charge in [0, 0.05) is 44.1 Å². The van der Waals surface area contributed by atoms with Gasteiger partial charge in [-0.3, -0.25) is 14.3 Å². The van der Waals surface area contributed by atoms with Crippen molar-refractivity contribution in [2.45, 2.75) is 45.7 Å². The molecule has 1 saturated heterocycles. The fourth-order valence-corrected chi connectivity index (χ4v) is 4.96. The Bertz CT molecular complexity index is 1120. The molecule has 2 amide bonds. The molecule has 1 aromatic heterocycles. The van der Waals surface area contributed by atoms with Crippen LogP contribution in [0.2, 0.25) is 0 Å². The Labute approximate surface area is 202 Å². The second-order valence-corrected chi connectivity index (χ2v) is 9.41. The minimum Gasteiger partial charge on any atom is -0.341 e. The monoisotopic (exact) mass is 458 g/mol. The number of nitrogens with zero attached hydrogens (tertiary/aromatic N) is 4. The number of likely N-dealkylation sites (tertiary alicyclic amines) is 1. The van der Waals surface area contributed by atoms with Crippen molar-refractivity contribution in [3.05, 3.63) is 89.2 Å². The van der Waals surface area contributed by atoms with Crippen LogP contribution in [-0.2, 0) is 17.8 Å². The molecule has 2 aromatic carbocycles. The first-order valence-electron chi connectivity index (χ1n) is 12.1. The smallest absolute Gasteiger partial charge is 0.253 e. The highest BCUT2D eigenvalue weighted by Gasteiger charge is 2.33. The number of hydrogen-bond acceptors (Lipinski definition) is 3. The third-order valence-corrected chi connectivity index (χ3v) is 7.07. The molecular weight excluding hydrogens is 424 g/mol. The molecule has 6 nitrogen and oxygen atoms in total. The lowest BCUT2D eigenvalue weighted by molar-refractivity contribution is -0.134. The van der Waals surface area contributed by atoms with Gasteiger partial charge in [-0.2, -0.15) is 5.10 Å². The van der Waals surface area contributed by atoms with Crippen molar-refractivity contribution in [1.29, 1.82) is 0 Å². The number of hydrogen-bond donors (Lipinski definition) is 0. The van der Waals surface area contributed by atoms with Gasteiger partial charge in [-0.25, -0.2) is 0 Å². The van der Waals surface area contributed by atoms with Crippen LogP contribution in [0.3, 0.4) is 0 Å². The normalized spacial score (nSPS) is 15.2. The third kappa shape index (κ3) is 5.56. The maximum Gasteiger partial charge on any atom is 0.253 e. The maximum absolute atomic E-state index is 13.2. The highest BCUT2D eigenvalue weighted by atomic mass is 16.2. The molecule has 3 aromatic rings. The van der Waals surface area contributed by atoms with Crippen LogP contribution in [0, 0.1) is 19.8 Å². The van der Waals surface area contributed by atoms with Crippen LogP contribution in [0.1, 0.15) is 39.9 Å². The zero-order valence-corrected chi connectivity index (χ0v) is 20.4. The first-order chi connectivity index (χ1) is 16.4. The summed E-state index contributed by atoms with van der Waals surface area (Å²) in [6.45, 7) is 5.79. The minimum absolute atomic E-state index is 0.0561. The first kappa shape index (κ1) is 23.7. The number of aromatic nitrogens is 2. The Morgan fingerprint density at radius 2 is 1.82 bits per heavy atom. The van der Waals surface area contributed by atoms with Crippen LogP contribution < -0.4 is 0 Å². The minimum atomic E-state index is 0.0561. The number of amides is 2. The molecule has 0 spiro atoms. The van der Waals surface area contributed by atoms with Crippen LogP contribution >= 0.6 is 0 Å². The predicted octanol–water partition coefficient (Wildman–Crippen LogP) is 4.12. The summed E-state index contributed by atoms with van der Waals surface area (Å²) < 4.78 is 1.67. The summed E-state index contributed by atoms with van der Waals surface area (Å²) in [4.78, 5) is 30.1. The van der Waals surface area contributed by atoms with Gasteiger partial charge in [0.05, 0.1) is 0 Å². The first-order valence-corrected chi connectivity index (χ1v) is 12.1. The topological polar surface area (TPSA) is 58.4 Å². The van der Waals surface area contributed by atoms with E-state index >= 15 is 0 Å². The molecule has 0 radical (unpaired) electrons. The number of carbonyl (C=O) groups excluding carboxylic acids is 2. The van der Waals surface area contributed by atoms with Gasteiger partial charge in [0.1, 0.15) is 6.54 Å². The molecule has 0 aliphatic carbocycles. The molecule has 0 saturated carbocycles. The number of piperidine rings is 1. The number of benzene rings is 2.